The summed E-state index contributed by atoms with van der Waals surface area (Å²) in [6.07, 6.45) is 0. The lowest BCUT2D eigenvalue weighted by atomic mass is 10.2. The van der Waals surface area contributed by atoms with Crippen molar-refractivity contribution in [2.24, 2.45) is 0 Å². The van der Waals surface area contributed by atoms with E-state index in [4.69, 9.17) is 9.47 Å². The molecule has 8 nitrogen and oxygen atoms in total. The molecule has 0 atom stereocenters. The Balaban J connectivity index is 1.56. The van der Waals surface area contributed by atoms with Gasteiger partial charge in [-0.2, -0.15) is 0 Å². The third kappa shape index (κ3) is 4.67. The van der Waals surface area contributed by atoms with Crippen molar-refractivity contribution in [3.8, 4) is 22.8 Å². The number of carbonyl (C=O) groups is 1. The maximum Gasteiger partial charge on any atom is 0.291 e. The SMILES string of the molecule is COc1cccc(-c2nc(C(=O)NCCN3CCOCC3)nn2-c2ccccc2)c1. The Morgan fingerprint density at radius 1 is 1.13 bits per heavy atom. The molecule has 8 heteroatoms. The predicted octanol–water partition coefficient (Wildman–Crippen LogP) is 2.00. The second-order valence-electron chi connectivity index (χ2n) is 6.95. The summed E-state index contributed by atoms with van der Waals surface area (Å²) in [6, 6.07) is 17.2. The second kappa shape index (κ2) is 9.51. The van der Waals surface area contributed by atoms with Gasteiger partial charge in [-0.05, 0) is 24.3 Å². The zero-order valence-electron chi connectivity index (χ0n) is 17.0. The van der Waals surface area contributed by atoms with E-state index in [1.54, 1.807) is 11.8 Å². The van der Waals surface area contributed by atoms with Gasteiger partial charge in [-0.25, -0.2) is 9.67 Å². The fraction of sp³-hybridized carbons (Fsp3) is 0.318. The van der Waals surface area contributed by atoms with E-state index in [-0.39, 0.29) is 11.7 Å². The van der Waals surface area contributed by atoms with Gasteiger partial charge in [0.2, 0.25) is 5.82 Å². The van der Waals surface area contributed by atoms with E-state index in [2.05, 4.69) is 20.3 Å². The van der Waals surface area contributed by atoms with Crippen molar-refractivity contribution in [1.82, 2.24) is 25.0 Å². The number of carbonyl (C=O) groups excluding carboxylic acids is 1. The van der Waals surface area contributed by atoms with Gasteiger partial charge in [-0.15, -0.1) is 5.10 Å². The van der Waals surface area contributed by atoms with Crippen LogP contribution in [-0.4, -0.2) is 72.1 Å². The van der Waals surface area contributed by atoms with Crippen LogP contribution in [-0.2, 0) is 4.74 Å². The number of amides is 1. The smallest absolute Gasteiger partial charge is 0.291 e. The topological polar surface area (TPSA) is 81.5 Å². The van der Waals surface area contributed by atoms with Gasteiger partial charge in [0.1, 0.15) is 5.75 Å². The predicted molar refractivity (Wildman–Crippen MR) is 113 cm³/mol. The van der Waals surface area contributed by atoms with Crippen molar-refractivity contribution in [3.05, 3.63) is 60.4 Å². The van der Waals surface area contributed by atoms with Gasteiger partial charge in [-0.1, -0.05) is 30.3 Å². The largest absolute Gasteiger partial charge is 0.497 e. The lowest BCUT2D eigenvalue weighted by Crippen LogP contribution is -2.41. The summed E-state index contributed by atoms with van der Waals surface area (Å²) in [5, 5.41) is 7.42. The molecule has 2 heterocycles. The van der Waals surface area contributed by atoms with Crippen molar-refractivity contribution in [3.63, 3.8) is 0 Å². The summed E-state index contributed by atoms with van der Waals surface area (Å²) in [4.78, 5) is 19.5. The second-order valence-corrected chi connectivity index (χ2v) is 6.95. The van der Waals surface area contributed by atoms with E-state index in [0.717, 1.165) is 44.1 Å². The molecule has 0 aliphatic carbocycles. The Hall–Kier alpha value is -3.23. The maximum absolute atomic E-state index is 12.7. The van der Waals surface area contributed by atoms with Crippen LogP contribution in [0.3, 0.4) is 0 Å². The number of nitrogens with zero attached hydrogens (tertiary/aromatic N) is 4. The summed E-state index contributed by atoms with van der Waals surface area (Å²) >= 11 is 0. The molecule has 2 aromatic carbocycles. The molecule has 0 saturated carbocycles. The maximum atomic E-state index is 12.7. The molecule has 30 heavy (non-hydrogen) atoms. The molecular weight excluding hydrogens is 382 g/mol. The summed E-state index contributed by atoms with van der Waals surface area (Å²) in [6.45, 7) is 4.56. The number of hydrogen-bond acceptors (Lipinski definition) is 6. The molecule has 1 N–H and O–H groups in total. The third-order valence-corrected chi connectivity index (χ3v) is 4.96. The molecule has 0 bridgehead atoms. The quantitative estimate of drug-likeness (QED) is 0.645. The summed E-state index contributed by atoms with van der Waals surface area (Å²) in [5.74, 6) is 1.14. The van der Waals surface area contributed by atoms with E-state index in [9.17, 15) is 4.79 Å². The molecule has 1 aliphatic heterocycles. The molecule has 3 aromatic rings. The molecule has 0 spiro atoms. The van der Waals surface area contributed by atoms with Crippen LogP contribution >= 0.6 is 0 Å². The molecule has 1 amide bonds. The standard InChI is InChI=1S/C22H25N5O3/c1-29-19-9-5-6-17(16-19)21-24-20(25-27(21)18-7-3-2-4-8-18)22(28)23-10-11-26-12-14-30-15-13-26/h2-9,16H,10-15H2,1H3,(H,23,28). The molecule has 156 valence electrons. The number of ether oxygens (including phenoxy) is 2. The first-order chi connectivity index (χ1) is 14.7. The number of para-hydroxylation sites is 1. The lowest BCUT2D eigenvalue weighted by Gasteiger charge is -2.26. The third-order valence-electron chi connectivity index (χ3n) is 4.96. The first-order valence-corrected chi connectivity index (χ1v) is 10.00. The van der Waals surface area contributed by atoms with Gasteiger partial charge >= 0.3 is 0 Å². The summed E-state index contributed by atoms with van der Waals surface area (Å²) in [7, 11) is 1.62. The first kappa shape index (κ1) is 20.1. The van der Waals surface area contributed by atoms with Gasteiger partial charge in [0.15, 0.2) is 5.82 Å². The van der Waals surface area contributed by atoms with E-state index in [0.29, 0.717) is 18.1 Å². The van der Waals surface area contributed by atoms with Crippen LogP contribution in [0, 0.1) is 0 Å². The number of morpholine rings is 1. The van der Waals surface area contributed by atoms with Gasteiger partial charge in [-0.3, -0.25) is 9.69 Å². The van der Waals surface area contributed by atoms with E-state index in [1.807, 2.05) is 54.6 Å². The van der Waals surface area contributed by atoms with Gasteiger partial charge in [0, 0.05) is 31.7 Å². The molecule has 1 saturated heterocycles. The van der Waals surface area contributed by atoms with Crippen molar-refractivity contribution < 1.29 is 14.3 Å². The molecule has 0 radical (unpaired) electrons. The number of hydrogen-bond donors (Lipinski definition) is 1. The van der Waals surface area contributed by atoms with Crippen molar-refractivity contribution in [2.45, 2.75) is 0 Å². The number of rotatable bonds is 7. The Morgan fingerprint density at radius 2 is 1.93 bits per heavy atom. The van der Waals surface area contributed by atoms with Crippen LogP contribution in [0.25, 0.3) is 17.1 Å². The normalized spacial score (nSPS) is 14.4. The fourth-order valence-corrected chi connectivity index (χ4v) is 3.34. The molecule has 4 rings (SSSR count). The fourth-order valence-electron chi connectivity index (χ4n) is 3.34. The number of benzene rings is 2. The zero-order chi connectivity index (χ0) is 20.8. The average Bonchev–Trinajstić information content (AvgIpc) is 3.26. The Labute approximate surface area is 175 Å². The summed E-state index contributed by atoms with van der Waals surface area (Å²) < 4.78 is 12.4. The molecule has 1 aromatic heterocycles. The van der Waals surface area contributed by atoms with Crippen LogP contribution in [0.4, 0.5) is 0 Å². The first-order valence-electron chi connectivity index (χ1n) is 10.00. The van der Waals surface area contributed by atoms with Crippen LogP contribution < -0.4 is 10.1 Å². The zero-order valence-corrected chi connectivity index (χ0v) is 17.0. The Morgan fingerprint density at radius 3 is 2.70 bits per heavy atom. The van der Waals surface area contributed by atoms with Crippen LogP contribution in [0.2, 0.25) is 0 Å². The van der Waals surface area contributed by atoms with Crippen molar-refractivity contribution in [2.75, 3.05) is 46.5 Å². The summed E-state index contributed by atoms with van der Waals surface area (Å²) in [5.41, 5.74) is 1.65. The van der Waals surface area contributed by atoms with Gasteiger partial charge in [0.05, 0.1) is 26.0 Å². The molecule has 1 aliphatic rings. The lowest BCUT2D eigenvalue weighted by molar-refractivity contribution is 0.0383. The van der Waals surface area contributed by atoms with Gasteiger partial charge < -0.3 is 14.8 Å². The van der Waals surface area contributed by atoms with Gasteiger partial charge in [0.25, 0.3) is 5.91 Å². The monoisotopic (exact) mass is 407 g/mol. The molecule has 1 fully saturated rings. The molecular formula is C22H25N5O3. The van der Waals surface area contributed by atoms with Crippen LogP contribution in [0.15, 0.2) is 54.6 Å². The minimum Gasteiger partial charge on any atom is -0.497 e. The minimum absolute atomic E-state index is 0.138. The highest BCUT2D eigenvalue weighted by atomic mass is 16.5. The number of nitrogens with one attached hydrogen (secondary N) is 1. The Bertz CT molecular complexity index is 983. The van der Waals surface area contributed by atoms with Crippen molar-refractivity contribution in [1.29, 1.82) is 0 Å². The van der Waals surface area contributed by atoms with Crippen LogP contribution in [0.1, 0.15) is 10.6 Å². The van der Waals surface area contributed by atoms with E-state index in [1.165, 1.54) is 0 Å². The van der Waals surface area contributed by atoms with Crippen molar-refractivity contribution >= 4 is 5.91 Å². The number of methoxy groups -OCH3 is 1. The Kier molecular flexibility index (Phi) is 6.36. The highest BCUT2D eigenvalue weighted by Gasteiger charge is 2.19. The highest BCUT2D eigenvalue weighted by Crippen LogP contribution is 2.24. The molecule has 0 unspecified atom stereocenters. The minimum atomic E-state index is -0.290. The highest BCUT2D eigenvalue weighted by molar-refractivity contribution is 5.91. The van der Waals surface area contributed by atoms with Crippen LogP contribution in [0.5, 0.6) is 5.75 Å². The van der Waals surface area contributed by atoms with E-state index >= 15 is 0 Å². The van der Waals surface area contributed by atoms with E-state index < -0.39 is 0 Å². The number of aromatic nitrogens is 3. The average molecular weight is 407 g/mol.